The minimum absolute atomic E-state index is 0.167. The van der Waals surface area contributed by atoms with E-state index in [1.54, 1.807) is 30.5 Å². The fourth-order valence-electron chi connectivity index (χ4n) is 3.57. The zero-order chi connectivity index (χ0) is 21.6. The first-order valence-corrected chi connectivity index (χ1v) is 10.3. The lowest BCUT2D eigenvalue weighted by molar-refractivity contribution is 0.713. The molecule has 8 heteroatoms. The lowest BCUT2D eigenvalue weighted by Crippen LogP contribution is -2.31. The number of rotatable bonds is 5. The molecule has 0 bridgehead atoms. The van der Waals surface area contributed by atoms with Gasteiger partial charge in [-0.1, -0.05) is 11.6 Å². The summed E-state index contributed by atoms with van der Waals surface area (Å²) in [6.45, 7) is 0.627. The summed E-state index contributed by atoms with van der Waals surface area (Å²) in [6.07, 6.45) is 4.14. The van der Waals surface area contributed by atoms with Gasteiger partial charge in [-0.25, -0.2) is 4.98 Å². The summed E-state index contributed by atoms with van der Waals surface area (Å²) >= 11 is 6.36. The van der Waals surface area contributed by atoms with Gasteiger partial charge in [0.15, 0.2) is 0 Å². The zero-order valence-corrected chi connectivity index (χ0v) is 17.3. The molecule has 0 atom stereocenters. The summed E-state index contributed by atoms with van der Waals surface area (Å²) < 4.78 is 0. The van der Waals surface area contributed by atoms with Crippen LogP contribution in [0.4, 0.5) is 5.69 Å². The molecule has 2 heterocycles. The van der Waals surface area contributed by atoms with Crippen molar-refractivity contribution in [3.05, 3.63) is 74.9 Å². The number of nitriles is 1. The first-order valence-electron chi connectivity index (χ1n) is 9.96. The summed E-state index contributed by atoms with van der Waals surface area (Å²) in [7, 11) is 0. The number of aromatic nitrogens is 3. The van der Waals surface area contributed by atoms with Crippen LogP contribution in [0.1, 0.15) is 29.8 Å². The molecule has 0 amide bonds. The van der Waals surface area contributed by atoms with Crippen LogP contribution in [0, 0.1) is 11.3 Å². The monoisotopic (exact) mass is 430 g/mol. The highest BCUT2D eigenvalue weighted by molar-refractivity contribution is 6.34. The van der Waals surface area contributed by atoms with Crippen LogP contribution < -0.4 is 16.6 Å². The largest absolute Gasteiger partial charge is 0.382 e. The topological polar surface area (TPSA) is 120 Å². The summed E-state index contributed by atoms with van der Waals surface area (Å²) in [5.41, 5.74) is 9.28. The van der Waals surface area contributed by atoms with E-state index in [0.717, 1.165) is 29.3 Å². The van der Waals surface area contributed by atoms with E-state index in [2.05, 4.69) is 26.3 Å². The molecular weight excluding hydrogens is 412 g/mol. The highest BCUT2D eigenvalue weighted by atomic mass is 35.5. The van der Waals surface area contributed by atoms with Gasteiger partial charge in [0.25, 0.3) is 5.56 Å². The van der Waals surface area contributed by atoms with Crippen molar-refractivity contribution in [2.75, 3.05) is 11.9 Å². The molecule has 31 heavy (non-hydrogen) atoms. The number of H-pyrrole nitrogens is 1. The first-order chi connectivity index (χ1) is 14.9. The Bertz CT molecular complexity index is 1430. The van der Waals surface area contributed by atoms with Crippen LogP contribution >= 0.6 is 11.6 Å². The number of fused-ring (bicyclic) bond motifs is 2. The first kappa shape index (κ1) is 19.5. The van der Waals surface area contributed by atoms with Gasteiger partial charge < -0.3 is 16.0 Å². The van der Waals surface area contributed by atoms with Gasteiger partial charge in [-0.2, -0.15) is 5.26 Å². The van der Waals surface area contributed by atoms with E-state index in [-0.39, 0.29) is 11.1 Å². The Balaban J connectivity index is 1.48. The predicted octanol–water partition coefficient (Wildman–Crippen LogP) is 3.49. The number of anilines is 1. The van der Waals surface area contributed by atoms with Gasteiger partial charge >= 0.3 is 0 Å². The van der Waals surface area contributed by atoms with Crippen molar-refractivity contribution >= 4 is 39.1 Å². The number of nitrogens with one attached hydrogen (secondary N) is 2. The van der Waals surface area contributed by atoms with Crippen molar-refractivity contribution in [2.45, 2.75) is 24.8 Å². The maximum atomic E-state index is 12.6. The summed E-state index contributed by atoms with van der Waals surface area (Å²) in [4.78, 5) is 24.6. The average Bonchev–Trinajstić information content (AvgIpc) is 3.50. The second kappa shape index (κ2) is 7.34. The van der Waals surface area contributed by atoms with E-state index in [0.29, 0.717) is 46.0 Å². The molecule has 1 aliphatic rings. The van der Waals surface area contributed by atoms with E-state index in [1.807, 2.05) is 12.1 Å². The minimum Gasteiger partial charge on any atom is -0.382 e. The van der Waals surface area contributed by atoms with Gasteiger partial charge in [-0.3, -0.25) is 9.78 Å². The molecule has 0 unspecified atom stereocenters. The molecule has 5 rings (SSSR count). The molecule has 2 aromatic heterocycles. The van der Waals surface area contributed by atoms with E-state index in [4.69, 9.17) is 22.6 Å². The van der Waals surface area contributed by atoms with Gasteiger partial charge in [-0.15, -0.1) is 0 Å². The van der Waals surface area contributed by atoms with Crippen molar-refractivity contribution in [3.63, 3.8) is 0 Å². The van der Waals surface area contributed by atoms with Crippen LogP contribution in [-0.2, 0) is 6.42 Å². The van der Waals surface area contributed by atoms with Crippen LogP contribution in [0.25, 0.3) is 21.8 Å². The van der Waals surface area contributed by atoms with E-state index in [1.165, 1.54) is 0 Å². The predicted molar refractivity (Wildman–Crippen MR) is 121 cm³/mol. The fraction of sp³-hybridized carbons (Fsp3) is 0.217. The maximum Gasteiger partial charge on any atom is 0.258 e. The second-order valence-corrected chi connectivity index (χ2v) is 8.52. The number of aromatic amines is 1. The molecule has 7 nitrogen and oxygen atoms in total. The van der Waals surface area contributed by atoms with Crippen molar-refractivity contribution in [3.8, 4) is 6.07 Å². The summed E-state index contributed by atoms with van der Waals surface area (Å²) in [5, 5.41) is 14.2. The Labute approximate surface area is 182 Å². The maximum absolute atomic E-state index is 12.6. The molecule has 0 radical (unpaired) electrons. The van der Waals surface area contributed by atoms with Crippen molar-refractivity contribution in [2.24, 2.45) is 5.73 Å². The SMILES string of the molecule is N#Cc1ccc2ncc(Cc3nc4cc(NCC5(N)CC5)c(Cl)cc4c(=O)[nH]3)cc2c1. The number of hydrogen-bond acceptors (Lipinski definition) is 6. The standard InChI is InChI=1S/C23H19ClN6O/c24-17-8-16-19(9-20(17)28-12-23(26)3-4-23)29-21(30-22(16)31)7-14-6-15-5-13(10-25)1-2-18(15)27-11-14/h1-2,5-6,8-9,11,28H,3-4,7,12,26H2,(H,29,30,31). The number of nitrogens with two attached hydrogens (primary N) is 1. The molecular formula is C23H19ClN6O. The number of halogens is 1. The fourth-order valence-corrected chi connectivity index (χ4v) is 3.80. The molecule has 0 spiro atoms. The minimum atomic E-state index is -0.244. The van der Waals surface area contributed by atoms with Crippen molar-refractivity contribution in [1.82, 2.24) is 15.0 Å². The van der Waals surface area contributed by atoms with Crippen LogP contribution in [0.15, 0.2) is 47.4 Å². The number of benzene rings is 2. The Morgan fingerprint density at radius 2 is 2.06 bits per heavy atom. The third-order valence-electron chi connectivity index (χ3n) is 5.60. The van der Waals surface area contributed by atoms with Gasteiger partial charge in [0, 0.05) is 30.1 Å². The Kier molecular flexibility index (Phi) is 4.62. The number of nitrogens with zero attached hydrogens (tertiary/aromatic N) is 3. The molecule has 154 valence electrons. The lowest BCUT2D eigenvalue weighted by atomic mass is 10.1. The lowest BCUT2D eigenvalue weighted by Gasteiger charge is -2.13. The van der Waals surface area contributed by atoms with E-state index >= 15 is 0 Å². The Morgan fingerprint density at radius 1 is 1.23 bits per heavy atom. The third kappa shape index (κ3) is 3.96. The van der Waals surface area contributed by atoms with Gasteiger partial charge in [0.1, 0.15) is 5.82 Å². The second-order valence-electron chi connectivity index (χ2n) is 8.12. The van der Waals surface area contributed by atoms with Crippen molar-refractivity contribution < 1.29 is 0 Å². The smallest absolute Gasteiger partial charge is 0.258 e. The normalized spacial score (nSPS) is 14.5. The molecule has 1 fully saturated rings. The molecule has 0 aliphatic heterocycles. The molecule has 0 saturated heterocycles. The highest BCUT2D eigenvalue weighted by Crippen LogP contribution is 2.33. The van der Waals surface area contributed by atoms with Crippen LogP contribution in [-0.4, -0.2) is 27.0 Å². The van der Waals surface area contributed by atoms with E-state index in [9.17, 15) is 4.79 Å². The Hall–Kier alpha value is -3.47. The van der Waals surface area contributed by atoms with Crippen molar-refractivity contribution in [1.29, 1.82) is 5.26 Å². The van der Waals surface area contributed by atoms with Gasteiger partial charge in [0.2, 0.25) is 0 Å². The van der Waals surface area contributed by atoms with Crippen LogP contribution in [0.2, 0.25) is 5.02 Å². The molecule has 4 aromatic rings. The number of hydrogen-bond donors (Lipinski definition) is 3. The Morgan fingerprint density at radius 3 is 2.84 bits per heavy atom. The quantitative estimate of drug-likeness (QED) is 0.445. The van der Waals surface area contributed by atoms with Gasteiger partial charge in [-0.05, 0) is 54.8 Å². The average molecular weight is 431 g/mol. The van der Waals surface area contributed by atoms with Crippen LogP contribution in [0.5, 0.6) is 0 Å². The third-order valence-corrected chi connectivity index (χ3v) is 5.92. The summed E-state index contributed by atoms with van der Waals surface area (Å²) in [6, 6.07) is 12.9. The molecule has 1 saturated carbocycles. The molecule has 1 aliphatic carbocycles. The zero-order valence-electron chi connectivity index (χ0n) is 16.6. The number of pyridine rings is 1. The molecule has 4 N–H and O–H groups in total. The van der Waals surface area contributed by atoms with E-state index < -0.39 is 0 Å². The summed E-state index contributed by atoms with van der Waals surface area (Å²) in [5.74, 6) is 0.529. The van der Waals surface area contributed by atoms with Crippen LogP contribution in [0.3, 0.4) is 0 Å². The highest BCUT2D eigenvalue weighted by Gasteiger charge is 2.37. The van der Waals surface area contributed by atoms with Gasteiger partial charge in [0.05, 0.1) is 38.8 Å². The molecule has 2 aromatic carbocycles.